The van der Waals surface area contributed by atoms with Gasteiger partial charge >= 0.3 is 5.97 Å². The maximum absolute atomic E-state index is 13.0. The van der Waals surface area contributed by atoms with Crippen LogP contribution < -0.4 is 15.5 Å². The summed E-state index contributed by atoms with van der Waals surface area (Å²) in [4.78, 5) is 30.8. The van der Waals surface area contributed by atoms with Gasteiger partial charge in [0.2, 0.25) is 0 Å². The number of carbonyl (C=O) groups is 2. The Labute approximate surface area is 177 Å². The van der Waals surface area contributed by atoms with Gasteiger partial charge in [0.1, 0.15) is 11.4 Å². The average molecular weight is 426 g/mol. The fourth-order valence-corrected chi connectivity index (χ4v) is 4.46. The Hall–Kier alpha value is -3.17. The van der Waals surface area contributed by atoms with Crippen LogP contribution in [-0.4, -0.2) is 53.3 Å². The molecule has 9 heteroatoms. The number of anilines is 3. The highest BCUT2D eigenvalue weighted by Crippen LogP contribution is 2.33. The molecule has 0 aliphatic carbocycles. The standard InChI is InChI=1S/C21H22N4O4S/c26-12-13-7-8-25(11-13)21-24-19(22-10-17(27)28)18(30-21)20(29)23-16-6-5-14-3-1-2-4-15(14)9-16/h1-6,9,13,22,26H,7-8,10-12H2,(H,23,29)(H,27,28)/t13-/m0/s1. The van der Waals surface area contributed by atoms with E-state index in [1.54, 1.807) is 0 Å². The van der Waals surface area contributed by atoms with Crippen LogP contribution in [0.2, 0.25) is 0 Å². The smallest absolute Gasteiger partial charge is 0.322 e. The number of aromatic nitrogens is 1. The van der Waals surface area contributed by atoms with E-state index in [4.69, 9.17) is 5.11 Å². The van der Waals surface area contributed by atoms with E-state index >= 15 is 0 Å². The van der Waals surface area contributed by atoms with Gasteiger partial charge in [0.05, 0.1) is 0 Å². The Morgan fingerprint density at radius 2 is 2.00 bits per heavy atom. The molecule has 4 N–H and O–H groups in total. The van der Waals surface area contributed by atoms with Gasteiger partial charge < -0.3 is 25.7 Å². The molecule has 1 saturated heterocycles. The normalized spacial score (nSPS) is 16.0. The van der Waals surface area contributed by atoms with Crippen molar-refractivity contribution in [2.75, 3.05) is 41.8 Å². The van der Waals surface area contributed by atoms with Crippen LogP contribution in [-0.2, 0) is 4.79 Å². The largest absolute Gasteiger partial charge is 0.480 e. The quantitative estimate of drug-likeness (QED) is 0.459. The van der Waals surface area contributed by atoms with E-state index in [1.807, 2.05) is 47.4 Å². The molecule has 1 aliphatic heterocycles. The minimum atomic E-state index is -1.04. The monoisotopic (exact) mass is 426 g/mol. The van der Waals surface area contributed by atoms with Crippen LogP contribution >= 0.6 is 11.3 Å². The Balaban J connectivity index is 1.58. The van der Waals surface area contributed by atoms with Crippen LogP contribution in [0.1, 0.15) is 16.1 Å². The van der Waals surface area contributed by atoms with Crippen LogP contribution in [0.5, 0.6) is 0 Å². The molecule has 1 atom stereocenters. The van der Waals surface area contributed by atoms with E-state index in [9.17, 15) is 14.7 Å². The molecule has 2 aromatic carbocycles. The van der Waals surface area contributed by atoms with Crippen LogP contribution in [0.4, 0.5) is 16.6 Å². The topological polar surface area (TPSA) is 115 Å². The first-order valence-corrected chi connectivity index (χ1v) is 10.5. The van der Waals surface area contributed by atoms with Gasteiger partial charge in [0.25, 0.3) is 5.91 Å². The zero-order valence-electron chi connectivity index (χ0n) is 16.2. The number of thiazole rings is 1. The van der Waals surface area contributed by atoms with Gasteiger partial charge in [-0.3, -0.25) is 9.59 Å². The minimum absolute atomic E-state index is 0.112. The van der Waals surface area contributed by atoms with Crippen molar-refractivity contribution in [1.82, 2.24) is 4.98 Å². The van der Waals surface area contributed by atoms with Crippen molar-refractivity contribution >= 4 is 50.6 Å². The number of nitrogens with zero attached hydrogens (tertiary/aromatic N) is 2. The number of carboxylic acid groups (broad SMARTS) is 1. The number of hydrogen-bond acceptors (Lipinski definition) is 7. The van der Waals surface area contributed by atoms with E-state index in [-0.39, 0.29) is 30.8 Å². The SMILES string of the molecule is O=C(O)CNc1nc(N2CC[C@H](CO)C2)sc1C(=O)Nc1ccc2ccccc2c1. The first-order chi connectivity index (χ1) is 14.5. The van der Waals surface area contributed by atoms with Crippen molar-refractivity contribution in [3.8, 4) is 0 Å². The third-order valence-electron chi connectivity index (χ3n) is 5.05. The average Bonchev–Trinajstić information content (AvgIpc) is 3.39. The Morgan fingerprint density at radius 1 is 1.20 bits per heavy atom. The number of nitrogens with one attached hydrogen (secondary N) is 2. The number of carbonyl (C=O) groups excluding carboxylic acids is 1. The van der Waals surface area contributed by atoms with Crippen molar-refractivity contribution in [2.45, 2.75) is 6.42 Å². The van der Waals surface area contributed by atoms with Gasteiger partial charge in [-0.1, -0.05) is 41.7 Å². The van der Waals surface area contributed by atoms with Crippen LogP contribution in [0.3, 0.4) is 0 Å². The molecule has 4 rings (SSSR count). The molecular formula is C21H22N4O4S. The lowest BCUT2D eigenvalue weighted by Crippen LogP contribution is -2.20. The zero-order chi connectivity index (χ0) is 21.1. The summed E-state index contributed by atoms with van der Waals surface area (Å²) in [5, 5.41) is 26.7. The van der Waals surface area contributed by atoms with Gasteiger partial charge in [0.15, 0.2) is 10.9 Å². The summed E-state index contributed by atoms with van der Waals surface area (Å²) in [6, 6.07) is 13.5. The predicted molar refractivity (Wildman–Crippen MR) is 118 cm³/mol. The second-order valence-electron chi connectivity index (χ2n) is 7.22. The maximum atomic E-state index is 13.0. The first-order valence-electron chi connectivity index (χ1n) is 9.66. The van der Waals surface area contributed by atoms with Gasteiger partial charge in [0, 0.05) is 31.3 Å². The molecule has 2 heterocycles. The third-order valence-corrected chi connectivity index (χ3v) is 6.17. The van der Waals surface area contributed by atoms with Gasteiger partial charge in [-0.25, -0.2) is 4.98 Å². The summed E-state index contributed by atoms with van der Waals surface area (Å²) in [5.74, 6) is -0.950. The number of amides is 1. The Morgan fingerprint density at radius 3 is 2.73 bits per heavy atom. The molecule has 0 radical (unpaired) electrons. The molecule has 0 unspecified atom stereocenters. The molecule has 3 aromatic rings. The van der Waals surface area contributed by atoms with Crippen molar-refractivity contribution in [3.05, 3.63) is 47.3 Å². The van der Waals surface area contributed by atoms with Crippen molar-refractivity contribution in [1.29, 1.82) is 0 Å². The number of aliphatic hydroxyl groups is 1. The van der Waals surface area contributed by atoms with E-state index in [0.29, 0.717) is 22.2 Å². The van der Waals surface area contributed by atoms with E-state index in [0.717, 1.165) is 23.7 Å². The first kappa shape index (κ1) is 20.1. The van der Waals surface area contributed by atoms with E-state index in [1.165, 1.54) is 11.3 Å². The lowest BCUT2D eigenvalue weighted by Gasteiger charge is -2.13. The number of aliphatic carboxylic acids is 1. The second-order valence-corrected chi connectivity index (χ2v) is 8.20. The maximum Gasteiger partial charge on any atom is 0.322 e. The summed E-state index contributed by atoms with van der Waals surface area (Å²) in [6.07, 6.45) is 0.854. The van der Waals surface area contributed by atoms with Gasteiger partial charge in [-0.15, -0.1) is 0 Å². The molecule has 1 amide bonds. The zero-order valence-corrected chi connectivity index (χ0v) is 17.0. The summed E-state index contributed by atoms with van der Waals surface area (Å²) in [7, 11) is 0. The van der Waals surface area contributed by atoms with Crippen molar-refractivity contribution < 1.29 is 19.8 Å². The third kappa shape index (κ3) is 4.37. The molecular weight excluding hydrogens is 404 g/mol. The summed E-state index contributed by atoms with van der Waals surface area (Å²) < 4.78 is 0. The van der Waals surface area contributed by atoms with Gasteiger partial charge in [-0.2, -0.15) is 0 Å². The highest BCUT2D eigenvalue weighted by molar-refractivity contribution is 7.18. The molecule has 8 nitrogen and oxygen atoms in total. The summed E-state index contributed by atoms with van der Waals surface area (Å²) in [5.41, 5.74) is 0.652. The second kappa shape index (κ2) is 8.68. The van der Waals surface area contributed by atoms with Crippen LogP contribution in [0.25, 0.3) is 10.8 Å². The summed E-state index contributed by atoms with van der Waals surface area (Å²) in [6.45, 7) is 1.18. The number of fused-ring (bicyclic) bond motifs is 1. The van der Waals surface area contributed by atoms with Crippen LogP contribution in [0, 0.1) is 5.92 Å². The number of aliphatic hydroxyl groups excluding tert-OH is 1. The number of carboxylic acids is 1. The highest BCUT2D eigenvalue weighted by atomic mass is 32.1. The molecule has 0 bridgehead atoms. The molecule has 0 saturated carbocycles. The predicted octanol–water partition coefficient (Wildman–Crippen LogP) is 2.86. The fraction of sp³-hybridized carbons (Fsp3) is 0.286. The van der Waals surface area contributed by atoms with Crippen LogP contribution in [0.15, 0.2) is 42.5 Å². The molecule has 0 spiro atoms. The highest BCUT2D eigenvalue weighted by Gasteiger charge is 2.27. The molecule has 1 aromatic heterocycles. The Bertz CT molecular complexity index is 1080. The lowest BCUT2D eigenvalue weighted by atomic mass is 10.1. The number of hydrogen-bond donors (Lipinski definition) is 4. The van der Waals surface area contributed by atoms with Gasteiger partial charge in [-0.05, 0) is 29.3 Å². The van der Waals surface area contributed by atoms with Crippen molar-refractivity contribution in [2.24, 2.45) is 5.92 Å². The molecule has 1 fully saturated rings. The van der Waals surface area contributed by atoms with E-state index < -0.39 is 5.97 Å². The van der Waals surface area contributed by atoms with Crippen molar-refractivity contribution in [3.63, 3.8) is 0 Å². The Kier molecular flexibility index (Phi) is 5.82. The number of rotatable bonds is 7. The fourth-order valence-electron chi connectivity index (χ4n) is 3.49. The molecule has 156 valence electrons. The minimum Gasteiger partial charge on any atom is -0.480 e. The lowest BCUT2D eigenvalue weighted by molar-refractivity contribution is -0.134. The van der Waals surface area contributed by atoms with E-state index in [2.05, 4.69) is 15.6 Å². The molecule has 30 heavy (non-hydrogen) atoms. The summed E-state index contributed by atoms with van der Waals surface area (Å²) >= 11 is 1.22. The number of benzene rings is 2. The molecule has 1 aliphatic rings.